The molecule has 0 saturated carbocycles. The van der Waals surface area contributed by atoms with Crippen LogP contribution in [0.3, 0.4) is 0 Å². The van der Waals surface area contributed by atoms with Crippen molar-refractivity contribution in [1.29, 1.82) is 0 Å². The summed E-state index contributed by atoms with van der Waals surface area (Å²) in [6.07, 6.45) is 1.90. The fourth-order valence-corrected chi connectivity index (χ4v) is 4.67. The minimum absolute atomic E-state index is 0.0470. The molecule has 2 heterocycles. The SMILES string of the molecule is CCCNCc1n[nH]c(C)c1S(=O)(=O)N1CCC(C)(C)C1. The van der Waals surface area contributed by atoms with E-state index in [0.29, 0.717) is 35.9 Å². The van der Waals surface area contributed by atoms with Crippen molar-refractivity contribution in [1.82, 2.24) is 19.8 Å². The molecule has 2 N–H and O–H groups in total. The molecule has 0 spiro atoms. The van der Waals surface area contributed by atoms with Crippen LogP contribution in [-0.4, -0.2) is 42.6 Å². The number of aromatic amines is 1. The van der Waals surface area contributed by atoms with Crippen LogP contribution in [0.25, 0.3) is 0 Å². The van der Waals surface area contributed by atoms with Gasteiger partial charge in [0.25, 0.3) is 0 Å². The summed E-state index contributed by atoms with van der Waals surface area (Å²) >= 11 is 0. The lowest BCUT2D eigenvalue weighted by atomic mass is 9.93. The van der Waals surface area contributed by atoms with Gasteiger partial charge in [-0.15, -0.1) is 0 Å². The topological polar surface area (TPSA) is 78.1 Å². The summed E-state index contributed by atoms with van der Waals surface area (Å²) in [5.74, 6) is 0. The van der Waals surface area contributed by atoms with E-state index in [1.807, 2.05) is 0 Å². The predicted octanol–water partition coefficient (Wildman–Crippen LogP) is 1.64. The maximum absolute atomic E-state index is 12.9. The van der Waals surface area contributed by atoms with E-state index in [-0.39, 0.29) is 5.41 Å². The third kappa shape index (κ3) is 3.46. The molecule has 1 aliphatic heterocycles. The molecule has 1 aromatic rings. The quantitative estimate of drug-likeness (QED) is 0.783. The van der Waals surface area contributed by atoms with Crippen molar-refractivity contribution in [3.63, 3.8) is 0 Å². The highest BCUT2D eigenvalue weighted by Gasteiger charge is 2.39. The molecule has 1 saturated heterocycles. The molecule has 21 heavy (non-hydrogen) atoms. The molecule has 6 nitrogen and oxygen atoms in total. The van der Waals surface area contributed by atoms with Crippen molar-refractivity contribution < 1.29 is 8.42 Å². The summed E-state index contributed by atoms with van der Waals surface area (Å²) in [7, 11) is -3.47. The molecule has 0 aliphatic carbocycles. The van der Waals surface area contributed by atoms with Crippen LogP contribution in [0.4, 0.5) is 0 Å². The Morgan fingerprint density at radius 2 is 2.14 bits per heavy atom. The van der Waals surface area contributed by atoms with Crippen LogP contribution in [0, 0.1) is 12.3 Å². The van der Waals surface area contributed by atoms with E-state index >= 15 is 0 Å². The third-order valence-electron chi connectivity index (χ3n) is 3.92. The van der Waals surface area contributed by atoms with Gasteiger partial charge in [-0.2, -0.15) is 9.40 Å². The Labute approximate surface area is 127 Å². The minimum Gasteiger partial charge on any atom is -0.311 e. The lowest BCUT2D eigenvalue weighted by Crippen LogP contribution is -2.31. The minimum atomic E-state index is -3.47. The van der Waals surface area contributed by atoms with E-state index in [4.69, 9.17) is 0 Å². The zero-order valence-electron chi connectivity index (χ0n) is 13.4. The van der Waals surface area contributed by atoms with Crippen LogP contribution in [0.2, 0.25) is 0 Å². The molecule has 0 aromatic carbocycles. The first kappa shape index (κ1) is 16.5. The molecule has 0 radical (unpaired) electrons. The molecule has 1 aromatic heterocycles. The Bertz CT molecular complexity index is 592. The molecule has 1 fully saturated rings. The van der Waals surface area contributed by atoms with Gasteiger partial charge in [-0.05, 0) is 31.7 Å². The van der Waals surface area contributed by atoms with Crippen molar-refractivity contribution in [2.24, 2.45) is 5.41 Å². The van der Waals surface area contributed by atoms with Crippen LogP contribution in [-0.2, 0) is 16.6 Å². The van der Waals surface area contributed by atoms with E-state index in [0.717, 1.165) is 19.4 Å². The number of nitrogens with one attached hydrogen (secondary N) is 2. The van der Waals surface area contributed by atoms with Gasteiger partial charge in [0, 0.05) is 19.6 Å². The van der Waals surface area contributed by atoms with Gasteiger partial charge in [0.05, 0.1) is 11.4 Å². The number of aryl methyl sites for hydroxylation is 1. The van der Waals surface area contributed by atoms with Crippen LogP contribution >= 0.6 is 0 Å². The number of H-pyrrole nitrogens is 1. The normalized spacial score (nSPS) is 19.2. The molecule has 2 rings (SSSR count). The second kappa shape index (κ2) is 6.06. The summed E-state index contributed by atoms with van der Waals surface area (Å²) in [4.78, 5) is 0.351. The molecule has 0 bridgehead atoms. The Balaban J connectivity index is 2.26. The van der Waals surface area contributed by atoms with Gasteiger partial charge in [-0.25, -0.2) is 8.42 Å². The van der Waals surface area contributed by atoms with E-state index in [9.17, 15) is 8.42 Å². The Morgan fingerprint density at radius 3 is 2.71 bits per heavy atom. The van der Waals surface area contributed by atoms with Gasteiger partial charge >= 0.3 is 0 Å². The van der Waals surface area contributed by atoms with E-state index < -0.39 is 10.0 Å². The molecule has 7 heteroatoms. The van der Waals surface area contributed by atoms with E-state index in [2.05, 4.69) is 36.3 Å². The zero-order valence-corrected chi connectivity index (χ0v) is 14.2. The standard InChI is InChI=1S/C14H26N4O2S/c1-5-7-15-9-12-13(11(2)16-17-12)21(19,20)18-8-6-14(3,4)10-18/h15H,5-10H2,1-4H3,(H,16,17). The molecule has 0 atom stereocenters. The highest BCUT2D eigenvalue weighted by atomic mass is 32.2. The molecule has 1 aliphatic rings. The zero-order chi connectivity index (χ0) is 15.7. The highest BCUT2D eigenvalue weighted by Crippen LogP contribution is 2.34. The molecule has 0 amide bonds. The van der Waals surface area contributed by atoms with Crippen molar-refractivity contribution in [3.05, 3.63) is 11.4 Å². The van der Waals surface area contributed by atoms with Gasteiger partial charge in [0.1, 0.15) is 4.90 Å². The van der Waals surface area contributed by atoms with Crippen LogP contribution < -0.4 is 5.32 Å². The number of rotatable bonds is 6. The molecule has 0 unspecified atom stereocenters. The third-order valence-corrected chi connectivity index (χ3v) is 5.97. The molecule has 120 valence electrons. The second-order valence-corrected chi connectivity index (χ2v) is 8.43. The van der Waals surface area contributed by atoms with Crippen molar-refractivity contribution in [3.8, 4) is 0 Å². The first-order chi connectivity index (χ1) is 9.78. The number of hydrogen-bond acceptors (Lipinski definition) is 4. The second-order valence-electron chi connectivity index (χ2n) is 6.55. The first-order valence-corrected chi connectivity index (χ1v) is 8.96. The number of aromatic nitrogens is 2. The van der Waals surface area contributed by atoms with Gasteiger partial charge in [0.15, 0.2) is 0 Å². The Hall–Kier alpha value is -0.920. The lowest BCUT2D eigenvalue weighted by molar-refractivity contribution is 0.375. The fraction of sp³-hybridized carbons (Fsp3) is 0.786. The molecular weight excluding hydrogens is 288 g/mol. The van der Waals surface area contributed by atoms with Gasteiger partial charge in [-0.1, -0.05) is 20.8 Å². The summed E-state index contributed by atoms with van der Waals surface area (Å²) in [5.41, 5.74) is 1.25. The van der Waals surface area contributed by atoms with E-state index in [1.165, 1.54) is 0 Å². The van der Waals surface area contributed by atoms with Crippen LogP contribution in [0.1, 0.15) is 45.0 Å². The first-order valence-electron chi connectivity index (χ1n) is 7.52. The fourth-order valence-electron chi connectivity index (χ4n) is 2.71. The van der Waals surface area contributed by atoms with Gasteiger partial charge in [-0.3, -0.25) is 5.10 Å². The largest absolute Gasteiger partial charge is 0.311 e. The average Bonchev–Trinajstić information content (AvgIpc) is 2.93. The highest BCUT2D eigenvalue weighted by molar-refractivity contribution is 7.89. The number of sulfonamides is 1. The summed E-state index contributed by atoms with van der Waals surface area (Å²) in [6.45, 7) is 10.5. The number of nitrogens with zero attached hydrogens (tertiary/aromatic N) is 2. The summed E-state index contributed by atoms with van der Waals surface area (Å²) in [5, 5.41) is 10.2. The monoisotopic (exact) mass is 314 g/mol. The smallest absolute Gasteiger partial charge is 0.246 e. The number of hydrogen-bond donors (Lipinski definition) is 2. The Kier molecular flexibility index (Phi) is 4.75. The maximum Gasteiger partial charge on any atom is 0.246 e. The van der Waals surface area contributed by atoms with Crippen LogP contribution in [0.15, 0.2) is 4.90 Å². The average molecular weight is 314 g/mol. The van der Waals surface area contributed by atoms with Crippen molar-refractivity contribution >= 4 is 10.0 Å². The lowest BCUT2D eigenvalue weighted by Gasteiger charge is -2.20. The predicted molar refractivity (Wildman–Crippen MR) is 82.5 cm³/mol. The van der Waals surface area contributed by atoms with Gasteiger partial charge in [0.2, 0.25) is 10.0 Å². The van der Waals surface area contributed by atoms with Crippen LogP contribution in [0.5, 0.6) is 0 Å². The molecular formula is C14H26N4O2S. The van der Waals surface area contributed by atoms with Gasteiger partial charge < -0.3 is 5.32 Å². The summed E-state index contributed by atoms with van der Waals surface area (Å²) < 4.78 is 27.4. The van der Waals surface area contributed by atoms with Crippen molar-refractivity contribution in [2.45, 2.75) is 52.0 Å². The summed E-state index contributed by atoms with van der Waals surface area (Å²) in [6, 6.07) is 0. The van der Waals surface area contributed by atoms with Crippen molar-refractivity contribution in [2.75, 3.05) is 19.6 Å². The maximum atomic E-state index is 12.9. The Morgan fingerprint density at radius 1 is 1.43 bits per heavy atom. The van der Waals surface area contributed by atoms with E-state index in [1.54, 1.807) is 11.2 Å².